The molecule has 0 aliphatic heterocycles. The van der Waals surface area contributed by atoms with Crippen LogP contribution in [0.5, 0.6) is 0 Å². The SMILES string of the molecule is CC(C)CCN(CC(C(=N)N)c1ccccc1)C1CC1. The lowest BCUT2D eigenvalue weighted by molar-refractivity contribution is 0.245. The van der Waals surface area contributed by atoms with Crippen molar-refractivity contribution in [3.05, 3.63) is 35.9 Å². The third-order valence-electron chi connectivity index (χ3n) is 4.05. The Morgan fingerprint density at radius 3 is 2.45 bits per heavy atom. The van der Waals surface area contributed by atoms with E-state index in [1.54, 1.807) is 0 Å². The number of nitrogens with zero attached hydrogens (tertiary/aromatic N) is 1. The van der Waals surface area contributed by atoms with Gasteiger partial charge in [-0.2, -0.15) is 0 Å². The number of nitrogens with two attached hydrogens (primary N) is 1. The number of rotatable bonds is 8. The normalized spacial score (nSPS) is 16.6. The van der Waals surface area contributed by atoms with E-state index in [2.05, 4.69) is 30.9 Å². The van der Waals surface area contributed by atoms with E-state index in [1.165, 1.54) is 19.3 Å². The number of nitrogens with one attached hydrogen (secondary N) is 1. The number of hydrogen-bond donors (Lipinski definition) is 2. The molecule has 0 heterocycles. The minimum Gasteiger partial charge on any atom is -0.387 e. The smallest absolute Gasteiger partial charge is 0.0995 e. The molecule has 1 aliphatic rings. The summed E-state index contributed by atoms with van der Waals surface area (Å²) in [5.41, 5.74) is 7.01. The van der Waals surface area contributed by atoms with E-state index in [9.17, 15) is 0 Å². The monoisotopic (exact) mass is 273 g/mol. The third-order valence-corrected chi connectivity index (χ3v) is 4.05. The molecule has 2 rings (SSSR count). The maximum atomic E-state index is 7.91. The molecule has 0 amide bonds. The van der Waals surface area contributed by atoms with Gasteiger partial charge in [-0.15, -0.1) is 0 Å². The number of hydrogen-bond acceptors (Lipinski definition) is 2. The molecule has 0 bridgehead atoms. The Kier molecular flexibility index (Phi) is 5.18. The van der Waals surface area contributed by atoms with Crippen molar-refractivity contribution in [2.75, 3.05) is 13.1 Å². The molecule has 0 radical (unpaired) electrons. The van der Waals surface area contributed by atoms with Crippen LogP contribution in [0, 0.1) is 11.3 Å². The largest absolute Gasteiger partial charge is 0.387 e. The van der Waals surface area contributed by atoms with E-state index in [4.69, 9.17) is 11.1 Å². The summed E-state index contributed by atoms with van der Waals surface area (Å²) in [6.45, 7) is 6.55. The lowest BCUT2D eigenvalue weighted by Gasteiger charge is -2.28. The highest BCUT2D eigenvalue weighted by atomic mass is 15.2. The van der Waals surface area contributed by atoms with Crippen LogP contribution in [0.3, 0.4) is 0 Å². The molecule has 0 aromatic heterocycles. The molecule has 1 aromatic carbocycles. The van der Waals surface area contributed by atoms with Gasteiger partial charge in [0.25, 0.3) is 0 Å². The van der Waals surface area contributed by atoms with Gasteiger partial charge < -0.3 is 5.73 Å². The van der Waals surface area contributed by atoms with Crippen molar-refractivity contribution < 1.29 is 0 Å². The van der Waals surface area contributed by atoms with Crippen molar-refractivity contribution in [2.24, 2.45) is 11.7 Å². The topological polar surface area (TPSA) is 53.1 Å². The van der Waals surface area contributed by atoms with Gasteiger partial charge >= 0.3 is 0 Å². The van der Waals surface area contributed by atoms with Gasteiger partial charge in [-0.25, -0.2) is 0 Å². The van der Waals surface area contributed by atoms with Crippen molar-refractivity contribution in [1.82, 2.24) is 4.90 Å². The van der Waals surface area contributed by atoms with Crippen molar-refractivity contribution in [3.63, 3.8) is 0 Å². The fourth-order valence-electron chi connectivity index (χ4n) is 2.59. The van der Waals surface area contributed by atoms with Gasteiger partial charge in [-0.1, -0.05) is 44.2 Å². The Balaban J connectivity index is 2.03. The predicted molar refractivity (Wildman–Crippen MR) is 85.1 cm³/mol. The van der Waals surface area contributed by atoms with Gasteiger partial charge in [0.2, 0.25) is 0 Å². The standard InChI is InChI=1S/C17H27N3/c1-13(2)10-11-20(15-8-9-15)12-16(17(18)19)14-6-4-3-5-7-14/h3-7,13,15-16H,8-12H2,1-2H3,(H3,18,19). The lowest BCUT2D eigenvalue weighted by atomic mass is 9.97. The maximum Gasteiger partial charge on any atom is 0.0995 e. The van der Waals surface area contributed by atoms with Crippen LogP contribution in [-0.4, -0.2) is 29.9 Å². The van der Waals surface area contributed by atoms with Gasteiger partial charge in [-0.05, 0) is 37.3 Å². The van der Waals surface area contributed by atoms with E-state index >= 15 is 0 Å². The molecule has 1 fully saturated rings. The predicted octanol–water partition coefficient (Wildman–Crippen LogP) is 3.22. The summed E-state index contributed by atoms with van der Waals surface area (Å²) in [4.78, 5) is 2.54. The van der Waals surface area contributed by atoms with Gasteiger partial charge in [0.05, 0.1) is 11.8 Å². The van der Waals surface area contributed by atoms with Crippen LogP contribution in [-0.2, 0) is 0 Å². The first kappa shape index (κ1) is 15.0. The van der Waals surface area contributed by atoms with Crippen LogP contribution in [0.25, 0.3) is 0 Å². The van der Waals surface area contributed by atoms with E-state index in [0.717, 1.165) is 30.6 Å². The molecule has 3 N–H and O–H groups in total. The van der Waals surface area contributed by atoms with Crippen molar-refractivity contribution >= 4 is 5.84 Å². The van der Waals surface area contributed by atoms with Crippen LogP contribution in [0.15, 0.2) is 30.3 Å². The number of amidine groups is 1. The molecule has 1 aliphatic carbocycles. The van der Waals surface area contributed by atoms with E-state index < -0.39 is 0 Å². The van der Waals surface area contributed by atoms with E-state index in [1.807, 2.05) is 18.2 Å². The Bertz CT molecular complexity index is 423. The van der Waals surface area contributed by atoms with Gasteiger partial charge in [0, 0.05) is 12.6 Å². The van der Waals surface area contributed by atoms with E-state index in [-0.39, 0.29) is 11.8 Å². The summed E-state index contributed by atoms with van der Waals surface area (Å²) < 4.78 is 0. The maximum absolute atomic E-state index is 7.91. The fourth-order valence-corrected chi connectivity index (χ4v) is 2.59. The quantitative estimate of drug-likeness (QED) is 0.564. The molecular weight excluding hydrogens is 246 g/mol. The highest BCUT2D eigenvalue weighted by Crippen LogP contribution is 2.30. The molecule has 1 aromatic rings. The first-order chi connectivity index (χ1) is 9.58. The summed E-state index contributed by atoms with van der Waals surface area (Å²) in [5.74, 6) is 1.04. The molecule has 1 saturated carbocycles. The minimum atomic E-state index is 0.0314. The second-order valence-corrected chi connectivity index (χ2v) is 6.33. The summed E-state index contributed by atoms with van der Waals surface area (Å²) in [6, 6.07) is 11.0. The summed E-state index contributed by atoms with van der Waals surface area (Å²) in [7, 11) is 0. The zero-order valence-corrected chi connectivity index (χ0v) is 12.7. The molecule has 3 nitrogen and oxygen atoms in total. The van der Waals surface area contributed by atoms with Gasteiger partial charge in [0.15, 0.2) is 0 Å². The summed E-state index contributed by atoms with van der Waals surface area (Å²) in [6.07, 6.45) is 3.82. The van der Waals surface area contributed by atoms with Gasteiger partial charge in [0.1, 0.15) is 0 Å². The van der Waals surface area contributed by atoms with Crippen LogP contribution < -0.4 is 5.73 Å². The average molecular weight is 273 g/mol. The van der Waals surface area contributed by atoms with Crippen molar-refractivity contribution in [2.45, 2.75) is 45.1 Å². The molecule has 0 spiro atoms. The Morgan fingerprint density at radius 1 is 1.30 bits per heavy atom. The zero-order chi connectivity index (χ0) is 14.5. The highest BCUT2D eigenvalue weighted by Gasteiger charge is 2.31. The molecule has 1 atom stereocenters. The fraction of sp³-hybridized carbons (Fsp3) is 0.588. The molecule has 3 heteroatoms. The Labute approximate surface area is 122 Å². The Morgan fingerprint density at radius 2 is 1.95 bits per heavy atom. The molecule has 1 unspecified atom stereocenters. The van der Waals surface area contributed by atoms with Gasteiger partial charge in [-0.3, -0.25) is 10.3 Å². The summed E-state index contributed by atoms with van der Waals surface area (Å²) >= 11 is 0. The average Bonchev–Trinajstić information content (AvgIpc) is 3.23. The molecule has 0 saturated heterocycles. The summed E-state index contributed by atoms with van der Waals surface area (Å²) in [5, 5.41) is 7.91. The van der Waals surface area contributed by atoms with Crippen LogP contribution >= 0.6 is 0 Å². The first-order valence-electron chi connectivity index (χ1n) is 7.71. The lowest BCUT2D eigenvalue weighted by Crippen LogP contribution is -2.37. The second-order valence-electron chi connectivity index (χ2n) is 6.33. The zero-order valence-electron chi connectivity index (χ0n) is 12.7. The Hall–Kier alpha value is -1.35. The van der Waals surface area contributed by atoms with Crippen LogP contribution in [0.2, 0.25) is 0 Å². The second kappa shape index (κ2) is 6.89. The molecule has 20 heavy (non-hydrogen) atoms. The number of benzene rings is 1. The van der Waals surface area contributed by atoms with E-state index in [0.29, 0.717) is 0 Å². The minimum absolute atomic E-state index is 0.0314. The van der Waals surface area contributed by atoms with Crippen LogP contribution in [0.4, 0.5) is 0 Å². The first-order valence-corrected chi connectivity index (χ1v) is 7.71. The highest BCUT2D eigenvalue weighted by molar-refractivity contribution is 5.84. The van der Waals surface area contributed by atoms with Crippen molar-refractivity contribution in [3.8, 4) is 0 Å². The van der Waals surface area contributed by atoms with Crippen molar-refractivity contribution in [1.29, 1.82) is 5.41 Å². The molecule has 110 valence electrons. The van der Waals surface area contributed by atoms with Crippen LogP contribution in [0.1, 0.15) is 44.6 Å². The third kappa shape index (κ3) is 4.34. The molecular formula is C17H27N3.